The monoisotopic (exact) mass is 338 g/mol. The lowest BCUT2D eigenvalue weighted by Gasteiger charge is -2.17. The van der Waals surface area contributed by atoms with Gasteiger partial charge in [-0.05, 0) is 44.4 Å². The van der Waals surface area contributed by atoms with Crippen LogP contribution >= 0.6 is 15.9 Å². The first-order valence-corrected chi connectivity index (χ1v) is 7.20. The van der Waals surface area contributed by atoms with Crippen LogP contribution in [0.1, 0.15) is 22.4 Å². The quantitative estimate of drug-likeness (QED) is 0.901. The van der Waals surface area contributed by atoms with Crippen molar-refractivity contribution < 1.29 is 9.15 Å². The van der Waals surface area contributed by atoms with Crippen LogP contribution in [-0.4, -0.2) is 19.1 Å². The molecule has 108 valence electrons. The predicted octanol–water partition coefficient (Wildman–Crippen LogP) is 4.39. The molecule has 0 aliphatic heterocycles. The topological polar surface area (TPSA) is 47.3 Å². The summed E-state index contributed by atoms with van der Waals surface area (Å²) in [5.41, 5.74) is 5.16. The molecule has 0 aliphatic carbocycles. The van der Waals surface area contributed by atoms with Crippen molar-refractivity contribution >= 4 is 21.9 Å². The summed E-state index contributed by atoms with van der Waals surface area (Å²) in [7, 11) is 3.47. The molecule has 5 heteroatoms. The van der Waals surface area contributed by atoms with Crippen molar-refractivity contribution in [1.29, 1.82) is 0 Å². The molecule has 4 nitrogen and oxygen atoms in total. The number of aromatic nitrogens is 1. The molecular weight excluding hydrogens is 320 g/mol. The lowest BCUT2D eigenvalue weighted by Crippen LogP contribution is -1.99. The summed E-state index contributed by atoms with van der Waals surface area (Å²) in [6.45, 7) is 8.11. The molecule has 1 aromatic heterocycles. The van der Waals surface area contributed by atoms with E-state index in [0.717, 1.165) is 38.4 Å². The molecule has 0 unspecified atom stereocenters. The highest BCUT2D eigenvalue weighted by Gasteiger charge is 2.23. The van der Waals surface area contributed by atoms with Crippen LogP contribution in [0.5, 0.6) is 5.75 Å². The number of oxazole rings is 1. The number of nitrogens with one attached hydrogen (secondary N) is 1. The second-order valence-electron chi connectivity index (χ2n) is 4.78. The summed E-state index contributed by atoms with van der Waals surface area (Å²) in [6.07, 6.45) is 0. The maximum atomic E-state index is 5.80. The third-order valence-electron chi connectivity index (χ3n) is 3.61. The standard InChI is InChI=1S/C15H19BrN2O2/c1-7-8(2)13(19-6)11(9(3)12(7)16)14-10(4)18-15(17-5)20-14/h1-6H3,(H,17,18). The SMILES string of the molecule is CNc1nc(C)c(-c2c(C)c(Br)c(C)c(C)c2OC)o1. The van der Waals surface area contributed by atoms with Crippen LogP contribution in [0.15, 0.2) is 8.89 Å². The smallest absolute Gasteiger partial charge is 0.295 e. The van der Waals surface area contributed by atoms with Crippen LogP contribution in [-0.2, 0) is 0 Å². The Labute approximate surface area is 127 Å². The van der Waals surface area contributed by atoms with Crippen molar-refractivity contribution in [3.63, 3.8) is 0 Å². The van der Waals surface area contributed by atoms with E-state index in [9.17, 15) is 0 Å². The Morgan fingerprint density at radius 3 is 2.25 bits per heavy atom. The second-order valence-corrected chi connectivity index (χ2v) is 5.57. The average molecular weight is 339 g/mol. The third-order valence-corrected chi connectivity index (χ3v) is 4.79. The van der Waals surface area contributed by atoms with Gasteiger partial charge in [-0.2, -0.15) is 4.98 Å². The molecule has 0 fully saturated rings. The molecule has 2 rings (SSSR count). The molecule has 1 aromatic carbocycles. The molecule has 0 amide bonds. The largest absolute Gasteiger partial charge is 0.496 e. The van der Waals surface area contributed by atoms with Crippen LogP contribution in [0.25, 0.3) is 11.3 Å². The summed E-state index contributed by atoms with van der Waals surface area (Å²) in [5, 5.41) is 2.93. The molecule has 0 aliphatic rings. The number of ether oxygens (including phenoxy) is 1. The molecule has 0 radical (unpaired) electrons. The molecule has 1 N–H and O–H groups in total. The summed E-state index contributed by atoms with van der Waals surface area (Å²) in [5.74, 6) is 1.58. The highest BCUT2D eigenvalue weighted by molar-refractivity contribution is 9.10. The van der Waals surface area contributed by atoms with Gasteiger partial charge >= 0.3 is 0 Å². The van der Waals surface area contributed by atoms with Crippen LogP contribution in [0.2, 0.25) is 0 Å². The number of hydrogen-bond donors (Lipinski definition) is 1. The zero-order valence-corrected chi connectivity index (χ0v) is 14.2. The Kier molecular flexibility index (Phi) is 4.09. The van der Waals surface area contributed by atoms with E-state index < -0.39 is 0 Å². The van der Waals surface area contributed by atoms with E-state index in [0.29, 0.717) is 6.01 Å². The van der Waals surface area contributed by atoms with Crippen molar-refractivity contribution in [1.82, 2.24) is 4.98 Å². The number of hydrogen-bond acceptors (Lipinski definition) is 4. The number of rotatable bonds is 3. The highest BCUT2D eigenvalue weighted by atomic mass is 79.9. The first kappa shape index (κ1) is 14.9. The fourth-order valence-electron chi connectivity index (χ4n) is 2.35. The summed E-state index contributed by atoms with van der Waals surface area (Å²) in [6, 6.07) is 0.508. The van der Waals surface area contributed by atoms with Gasteiger partial charge < -0.3 is 14.5 Å². The van der Waals surface area contributed by atoms with E-state index in [-0.39, 0.29) is 0 Å². The van der Waals surface area contributed by atoms with Crippen LogP contribution in [0.4, 0.5) is 6.01 Å². The number of benzene rings is 1. The van der Waals surface area contributed by atoms with Gasteiger partial charge in [0.05, 0.1) is 18.4 Å². The van der Waals surface area contributed by atoms with E-state index >= 15 is 0 Å². The third kappa shape index (κ3) is 2.20. The van der Waals surface area contributed by atoms with Gasteiger partial charge in [0.2, 0.25) is 0 Å². The minimum absolute atomic E-state index is 0.508. The Hall–Kier alpha value is -1.49. The van der Waals surface area contributed by atoms with Gasteiger partial charge in [0.1, 0.15) is 5.75 Å². The summed E-state index contributed by atoms with van der Waals surface area (Å²) in [4.78, 5) is 4.36. The normalized spacial score (nSPS) is 10.8. The van der Waals surface area contributed by atoms with E-state index in [1.54, 1.807) is 14.2 Å². The Morgan fingerprint density at radius 2 is 1.75 bits per heavy atom. The van der Waals surface area contributed by atoms with Gasteiger partial charge in [0, 0.05) is 11.5 Å². The van der Waals surface area contributed by atoms with Gasteiger partial charge in [-0.15, -0.1) is 0 Å². The molecule has 0 saturated carbocycles. The number of nitrogens with zero attached hydrogens (tertiary/aromatic N) is 1. The van der Waals surface area contributed by atoms with E-state index in [1.807, 2.05) is 13.8 Å². The second kappa shape index (κ2) is 5.48. The fraction of sp³-hybridized carbons (Fsp3) is 0.400. The first-order valence-electron chi connectivity index (χ1n) is 6.41. The van der Waals surface area contributed by atoms with E-state index in [1.165, 1.54) is 5.56 Å². The summed E-state index contributed by atoms with van der Waals surface area (Å²) < 4.78 is 12.5. The maximum Gasteiger partial charge on any atom is 0.295 e. The van der Waals surface area contributed by atoms with Crippen molar-refractivity contribution in [2.75, 3.05) is 19.5 Å². The molecule has 0 saturated heterocycles. The van der Waals surface area contributed by atoms with Gasteiger partial charge in [-0.3, -0.25) is 0 Å². The molecule has 0 bridgehead atoms. The van der Waals surface area contributed by atoms with Crippen molar-refractivity contribution in [2.24, 2.45) is 0 Å². The lowest BCUT2D eigenvalue weighted by molar-refractivity contribution is 0.411. The van der Waals surface area contributed by atoms with E-state index in [2.05, 4.69) is 40.1 Å². The highest BCUT2D eigenvalue weighted by Crippen LogP contribution is 2.43. The molecule has 2 aromatic rings. The Morgan fingerprint density at radius 1 is 1.10 bits per heavy atom. The minimum Gasteiger partial charge on any atom is -0.496 e. The zero-order valence-electron chi connectivity index (χ0n) is 12.6. The first-order chi connectivity index (χ1) is 9.42. The predicted molar refractivity (Wildman–Crippen MR) is 84.7 cm³/mol. The molecule has 1 heterocycles. The summed E-state index contributed by atoms with van der Waals surface area (Å²) >= 11 is 3.66. The van der Waals surface area contributed by atoms with Crippen LogP contribution in [0.3, 0.4) is 0 Å². The Balaban J connectivity index is 2.82. The number of halogens is 1. The van der Waals surface area contributed by atoms with Gasteiger partial charge in [-0.25, -0.2) is 0 Å². The van der Waals surface area contributed by atoms with Crippen LogP contribution in [0, 0.1) is 27.7 Å². The van der Waals surface area contributed by atoms with E-state index in [4.69, 9.17) is 9.15 Å². The molecule has 0 spiro atoms. The fourth-order valence-corrected chi connectivity index (χ4v) is 2.84. The van der Waals surface area contributed by atoms with Gasteiger partial charge in [0.25, 0.3) is 6.01 Å². The van der Waals surface area contributed by atoms with Crippen molar-refractivity contribution in [3.8, 4) is 17.1 Å². The zero-order chi connectivity index (χ0) is 15.0. The molecule has 20 heavy (non-hydrogen) atoms. The number of aryl methyl sites for hydroxylation is 1. The lowest BCUT2D eigenvalue weighted by atomic mass is 9.96. The van der Waals surface area contributed by atoms with Crippen molar-refractivity contribution in [3.05, 3.63) is 26.9 Å². The maximum absolute atomic E-state index is 5.80. The number of methoxy groups -OCH3 is 1. The average Bonchev–Trinajstić information content (AvgIpc) is 2.81. The molecular formula is C15H19BrN2O2. The Bertz CT molecular complexity index is 663. The van der Waals surface area contributed by atoms with Crippen molar-refractivity contribution in [2.45, 2.75) is 27.7 Å². The number of anilines is 1. The van der Waals surface area contributed by atoms with Crippen LogP contribution < -0.4 is 10.1 Å². The molecule has 0 atom stereocenters. The minimum atomic E-state index is 0.508. The van der Waals surface area contributed by atoms with Gasteiger partial charge in [0.15, 0.2) is 5.76 Å². The van der Waals surface area contributed by atoms with Gasteiger partial charge in [-0.1, -0.05) is 15.9 Å².